The van der Waals surface area contributed by atoms with Gasteiger partial charge < -0.3 is 19.7 Å². The number of aromatic nitrogens is 3. The third kappa shape index (κ3) is 5.88. The van der Waals surface area contributed by atoms with Crippen LogP contribution in [0, 0.1) is 0 Å². The molecule has 0 unspecified atom stereocenters. The number of rotatable bonds is 9. The minimum atomic E-state index is -0.0932. The molecule has 0 fully saturated rings. The molecule has 0 saturated heterocycles. The number of nitrogens with one attached hydrogen (secondary N) is 1. The van der Waals surface area contributed by atoms with Gasteiger partial charge in [-0.25, -0.2) is 4.68 Å². The summed E-state index contributed by atoms with van der Waals surface area (Å²) in [5, 5.41) is 10.8. The Labute approximate surface area is 141 Å². The molecule has 2 rings (SSSR count). The van der Waals surface area contributed by atoms with Gasteiger partial charge in [0.15, 0.2) is 0 Å². The predicted molar refractivity (Wildman–Crippen MR) is 88.9 cm³/mol. The first kappa shape index (κ1) is 17.7. The number of carbonyl (C=O) groups excluding carboxylic acids is 1. The number of hydrogen-bond acceptors (Lipinski definition) is 6. The Balaban J connectivity index is 1.76. The lowest BCUT2D eigenvalue weighted by molar-refractivity contribution is -0.121. The van der Waals surface area contributed by atoms with Crippen molar-refractivity contribution in [1.29, 1.82) is 0 Å². The van der Waals surface area contributed by atoms with Crippen molar-refractivity contribution in [2.45, 2.75) is 13.2 Å². The van der Waals surface area contributed by atoms with Gasteiger partial charge in [-0.15, -0.1) is 5.10 Å². The van der Waals surface area contributed by atoms with Crippen LogP contribution >= 0.6 is 0 Å². The van der Waals surface area contributed by atoms with E-state index < -0.39 is 0 Å². The zero-order valence-electron chi connectivity index (χ0n) is 14.2. The van der Waals surface area contributed by atoms with Gasteiger partial charge in [-0.05, 0) is 38.4 Å². The maximum Gasteiger partial charge on any atom is 0.241 e. The fourth-order valence-corrected chi connectivity index (χ4v) is 1.93. The third-order valence-electron chi connectivity index (χ3n) is 3.22. The molecule has 0 atom stereocenters. The molecule has 0 radical (unpaired) electrons. The summed E-state index contributed by atoms with van der Waals surface area (Å²) < 4.78 is 12.2. The van der Waals surface area contributed by atoms with Crippen LogP contribution < -0.4 is 14.8 Å². The molecule has 8 heteroatoms. The number of benzene rings is 1. The lowest BCUT2D eigenvalue weighted by Gasteiger charge is -2.10. The summed E-state index contributed by atoms with van der Waals surface area (Å²) >= 11 is 0. The fourth-order valence-electron chi connectivity index (χ4n) is 1.93. The minimum absolute atomic E-state index is 0.0932. The van der Waals surface area contributed by atoms with Crippen molar-refractivity contribution in [3.8, 4) is 11.5 Å². The van der Waals surface area contributed by atoms with Crippen LogP contribution in [0.4, 0.5) is 0 Å². The van der Waals surface area contributed by atoms with E-state index in [1.165, 1.54) is 4.68 Å². The summed E-state index contributed by atoms with van der Waals surface area (Å²) in [5.74, 6) is 1.39. The van der Waals surface area contributed by atoms with Gasteiger partial charge >= 0.3 is 0 Å². The highest BCUT2D eigenvalue weighted by Gasteiger charge is 2.06. The van der Waals surface area contributed by atoms with Crippen LogP contribution in [0.3, 0.4) is 0 Å². The molecule has 130 valence electrons. The van der Waals surface area contributed by atoms with Gasteiger partial charge in [-0.2, -0.15) is 0 Å². The molecule has 1 heterocycles. The van der Waals surface area contributed by atoms with Gasteiger partial charge in [0.1, 0.15) is 30.3 Å². The molecular weight excluding hydrogens is 310 g/mol. The summed E-state index contributed by atoms with van der Waals surface area (Å²) in [4.78, 5) is 13.8. The Kier molecular flexibility index (Phi) is 6.56. The van der Waals surface area contributed by atoms with Crippen LogP contribution in [0.15, 0.2) is 30.5 Å². The zero-order valence-corrected chi connectivity index (χ0v) is 14.2. The Morgan fingerprint density at radius 3 is 2.62 bits per heavy atom. The van der Waals surface area contributed by atoms with Gasteiger partial charge in [0, 0.05) is 13.1 Å². The second-order valence-corrected chi connectivity index (χ2v) is 5.52. The SMILES string of the molecule is COc1ccc(OCc2cn(CC(=O)NCCN(C)C)nn2)cc1. The number of hydrogen-bond donors (Lipinski definition) is 1. The monoisotopic (exact) mass is 333 g/mol. The summed E-state index contributed by atoms with van der Waals surface area (Å²) in [6.45, 7) is 1.83. The molecule has 1 aromatic carbocycles. The van der Waals surface area contributed by atoms with E-state index in [0.717, 1.165) is 12.3 Å². The average molecular weight is 333 g/mol. The van der Waals surface area contributed by atoms with E-state index in [-0.39, 0.29) is 19.1 Å². The maximum atomic E-state index is 11.8. The van der Waals surface area contributed by atoms with E-state index in [4.69, 9.17) is 9.47 Å². The van der Waals surface area contributed by atoms with Crippen molar-refractivity contribution in [2.24, 2.45) is 0 Å². The quantitative estimate of drug-likeness (QED) is 0.721. The van der Waals surface area contributed by atoms with Gasteiger partial charge in [0.2, 0.25) is 5.91 Å². The maximum absolute atomic E-state index is 11.8. The Morgan fingerprint density at radius 1 is 1.25 bits per heavy atom. The van der Waals surface area contributed by atoms with E-state index in [2.05, 4.69) is 15.6 Å². The topological polar surface area (TPSA) is 81.5 Å². The van der Waals surface area contributed by atoms with Crippen LogP contribution in [0.1, 0.15) is 5.69 Å². The number of methoxy groups -OCH3 is 1. The van der Waals surface area contributed by atoms with Crippen molar-refractivity contribution in [3.63, 3.8) is 0 Å². The Hall–Kier alpha value is -2.61. The van der Waals surface area contributed by atoms with E-state index in [1.807, 2.05) is 43.3 Å². The molecule has 0 aliphatic carbocycles. The van der Waals surface area contributed by atoms with E-state index >= 15 is 0 Å². The second-order valence-electron chi connectivity index (χ2n) is 5.52. The molecule has 1 amide bonds. The van der Waals surface area contributed by atoms with Gasteiger partial charge in [0.05, 0.1) is 13.3 Å². The zero-order chi connectivity index (χ0) is 17.4. The third-order valence-corrected chi connectivity index (χ3v) is 3.22. The van der Waals surface area contributed by atoms with E-state index in [0.29, 0.717) is 18.0 Å². The molecule has 0 aliphatic heterocycles. The van der Waals surface area contributed by atoms with Crippen molar-refractivity contribution in [1.82, 2.24) is 25.2 Å². The lowest BCUT2D eigenvalue weighted by atomic mass is 10.3. The van der Waals surface area contributed by atoms with Crippen LogP contribution in [0.5, 0.6) is 11.5 Å². The standard InChI is InChI=1S/C16H23N5O3/c1-20(2)9-8-17-16(22)11-21-10-13(18-19-21)12-24-15-6-4-14(23-3)5-7-15/h4-7,10H,8-9,11-12H2,1-3H3,(H,17,22). The number of ether oxygens (including phenoxy) is 2. The number of likely N-dealkylation sites (N-methyl/N-ethyl adjacent to an activating group) is 1. The first-order chi connectivity index (χ1) is 11.6. The second kappa shape index (κ2) is 8.88. The average Bonchev–Trinajstić information content (AvgIpc) is 3.00. The first-order valence-corrected chi connectivity index (χ1v) is 7.64. The van der Waals surface area contributed by atoms with Crippen LogP contribution in [0.2, 0.25) is 0 Å². The smallest absolute Gasteiger partial charge is 0.241 e. The molecule has 1 aromatic heterocycles. The van der Waals surface area contributed by atoms with Crippen molar-refractivity contribution >= 4 is 5.91 Å². The summed E-state index contributed by atoms with van der Waals surface area (Å²) in [7, 11) is 5.53. The molecule has 24 heavy (non-hydrogen) atoms. The normalized spacial score (nSPS) is 10.7. The highest BCUT2D eigenvalue weighted by Crippen LogP contribution is 2.17. The van der Waals surface area contributed by atoms with Crippen molar-refractivity contribution in [3.05, 3.63) is 36.2 Å². The van der Waals surface area contributed by atoms with E-state index in [9.17, 15) is 4.79 Å². The predicted octanol–water partition coefficient (Wildman–Crippen LogP) is 0.544. The minimum Gasteiger partial charge on any atom is -0.497 e. The highest BCUT2D eigenvalue weighted by molar-refractivity contribution is 5.75. The molecule has 2 aromatic rings. The Morgan fingerprint density at radius 2 is 1.96 bits per heavy atom. The molecule has 8 nitrogen and oxygen atoms in total. The first-order valence-electron chi connectivity index (χ1n) is 7.64. The fraction of sp³-hybridized carbons (Fsp3) is 0.438. The molecule has 1 N–H and O–H groups in total. The summed E-state index contributed by atoms with van der Waals surface area (Å²) in [6.07, 6.45) is 1.70. The molecule has 0 saturated carbocycles. The molecule has 0 aliphatic rings. The van der Waals surface area contributed by atoms with Crippen molar-refractivity contribution < 1.29 is 14.3 Å². The highest BCUT2D eigenvalue weighted by atomic mass is 16.5. The van der Waals surface area contributed by atoms with E-state index in [1.54, 1.807) is 13.3 Å². The summed E-state index contributed by atoms with van der Waals surface area (Å²) in [5.41, 5.74) is 0.659. The van der Waals surface area contributed by atoms with Gasteiger partial charge in [-0.1, -0.05) is 5.21 Å². The summed E-state index contributed by atoms with van der Waals surface area (Å²) in [6, 6.07) is 7.29. The van der Waals surface area contributed by atoms with Gasteiger partial charge in [-0.3, -0.25) is 4.79 Å². The molecule has 0 bridgehead atoms. The Bertz CT molecular complexity index is 639. The van der Waals surface area contributed by atoms with Crippen LogP contribution in [-0.4, -0.2) is 60.1 Å². The van der Waals surface area contributed by atoms with Crippen LogP contribution in [-0.2, 0) is 17.9 Å². The van der Waals surface area contributed by atoms with Crippen LogP contribution in [0.25, 0.3) is 0 Å². The number of nitrogens with zero attached hydrogens (tertiary/aromatic N) is 4. The molecule has 0 spiro atoms. The lowest BCUT2D eigenvalue weighted by Crippen LogP contribution is -2.33. The number of amides is 1. The van der Waals surface area contributed by atoms with Crippen molar-refractivity contribution in [2.75, 3.05) is 34.3 Å². The largest absolute Gasteiger partial charge is 0.497 e. The van der Waals surface area contributed by atoms with Gasteiger partial charge in [0.25, 0.3) is 0 Å². The number of carbonyl (C=O) groups is 1. The molecular formula is C16H23N5O3.